The first kappa shape index (κ1) is 14.1. The first-order chi connectivity index (χ1) is 7.91. The maximum Gasteiger partial charge on any atom is 0.289 e. The molecule has 4 nitrogen and oxygen atoms in total. The third kappa shape index (κ3) is 4.06. The van der Waals surface area contributed by atoms with Crippen molar-refractivity contribution < 1.29 is 9.21 Å². The summed E-state index contributed by atoms with van der Waals surface area (Å²) < 4.78 is 5.06. The van der Waals surface area contributed by atoms with Gasteiger partial charge in [0.25, 0.3) is 5.91 Å². The van der Waals surface area contributed by atoms with Crippen molar-refractivity contribution in [3.05, 3.63) is 23.1 Å². The van der Waals surface area contributed by atoms with Gasteiger partial charge >= 0.3 is 0 Å². The van der Waals surface area contributed by atoms with E-state index in [9.17, 15) is 4.79 Å². The van der Waals surface area contributed by atoms with E-state index in [4.69, 9.17) is 21.8 Å². The highest BCUT2D eigenvalue weighted by Crippen LogP contribution is 2.15. The van der Waals surface area contributed by atoms with Crippen molar-refractivity contribution in [2.45, 2.75) is 26.3 Å². The Balaban J connectivity index is 2.48. The number of hydrogen-bond acceptors (Lipinski definition) is 3. The Hall–Kier alpha value is -1.00. The molecule has 96 valence electrons. The molecule has 0 saturated heterocycles. The van der Waals surface area contributed by atoms with Gasteiger partial charge in [-0.05, 0) is 36.1 Å². The Bertz CT molecular complexity index is 376. The first-order valence-corrected chi connectivity index (χ1v) is 6.06. The minimum absolute atomic E-state index is 0.102. The number of amides is 1. The number of furan rings is 1. The normalized spacial score (nSPS) is 12.8. The van der Waals surface area contributed by atoms with Crippen molar-refractivity contribution in [1.82, 2.24) is 4.90 Å². The number of nitrogens with two attached hydrogens (primary N) is 1. The fourth-order valence-electron chi connectivity index (χ4n) is 1.39. The van der Waals surface area contributed by atoms with E-state index in [1.54, 1.807) is 24.1 Å². The van der Waals surface area contributed by atoms with Crippen LogP contribution in [0.5, 0.6) is 0 Å². The third-order valence-electron chi connectivity index (χ3n) is 2.78. The van der Waals surface area contributed by atoms with Gasteiger partial charge in [-0.3, -0.25) is 4.79 Å². The van der Waals surface area contributed by atoms with Crippen molar-refractivity contribution >= 4 is 17.5 Å². The molecule has 17 heavy (non-hydrogen) atoms. The van der Waals surface area contributed by atoms with Gasteiger partial charge in [0.2, 0.25) is 0 Å². The van der Waals surface area contributed by atoms with Gasteiger partial charge in [-0.1, -0.05) is 13.8 Å². The molecule has 2 N–H and O–H groups in total. The minimum atomic E-state index is -0.173. The summed E-state index contributed by atoms with van der Waals surface area (Å²) in [5.74, 6) is 0.500. The Kier molecular flexibility index (Phi) is 5.02. The Morgan fingerprint density at radius 2 is 2.18 bits per heavy atom. The number of carbonyl (C=O) groups excluding carboxylic acids is 1. The van der Waals surface area contributed by atoms with Gasteiger partial charge in [-0.2, -0.15) is 0 Å². The SMILES string of the molecule is CC(C)C(N)CCN(C)C(=O)c1ccc(Cl)o1. The van der Waals surface area contributed by atoms with Gasteiger partial charge in [-0.25, -0.2) is 0 Å². The highest BCUT2D eigenvalue weighted by Gasteiger charge is 2.17. The summed E-state index contributed by atoms with van der Waals surface area (Å²) in [6, 6.07) is 3.23. The summed E-state index contributed by atoms with van der Waals surface area (Å²) in [5, 5.41) is 0.223. The fraction of sp³-hybridized carbons (Fsp3) is 0.583. The molecule has 0 aliphatic carbocycles. The van der Waals surface area contributed by atoms with Crippen molar-refractivity contribution in [1.29, 1.82) is 0 Å². The van der Waals surface area contributed by atoms with Crippen LogP contribution in [0, 0.1) is 5.92 Å². The van der Waals surface area contributed by atoms with E-state index in [-0.39, 0.29) is 22.9 Å². The van der Waals surface area contributed by atoms with E-state index >= 15 is 0 Å². The van der Waals surface area contributed by atoms with Crippen LogP contribution >= 0.6 is 11.6 Å². The lowest BCUT2D eigenvalue weighted by Gasteiger charge is -2.20. The molecule has 5 heteroatoms. The van der Waals surface area contributed by atoms with Gasteiger partial charge in [0.1, 0.15) is 0 Å². The zero-order chi connectivity index (χ0) is 13.0. The molecule has 0 aliphatic heterocycles. The lowest BCUT2D eigenvalue weighted by molar-refractivity contribution is 0.0758. The summed E-state index contributed by atoms with van der Waals surface area (Å²) in [5.41, 5.74) is 5.93. The van der Waals surface area contributed by atoms with Crippen LogP contribution in [0.3, 0.4) is 0 Å². The van der Waals surface area contributed by atoms with Crippen LogP contribution < -0.4 is 5.73 Å². The van der Waals surface area contributed by atoms with Crippen LogP contribution in [0.15, 0.2) is 16.5 Å². The molecule has 0 bridgehead atoms. The van der Waals surface area contributed by atoms with E-state index in [0.717, 1.165) is 6.42 Å². The molecule has 1 aromatic heterocycles. The summed E-state index contributed by atoms with van der Waals surface area (Å²) in [4.78, 5) is 13.5. The van der Waals surface area contributed by atoms with Crippen molar-refractivity contribution in [2.24, 2.45) is 11.7 Å². The van der Waals surface area contributed by atoms with E-state index < -0.39 is 0 Å². The molecule has 1 heterocycles. The first-order valence-electron chi connectivity index (χ1n) is 5.68. The van der Waals surface area contributed by atoms with Gasteiger partial charge in [0.05, 0.1) is 0 Å². The lowest BCUT2D eigenvalue weighted by Crippen LogP contribution is -2.34. The van der Waals surface area contributed by atoms with Crippen molar-refractivity contribution in [3.8, 4) is 0 Å². The maximum absolute atomic E-state index is 11.9. The molecule has 0 radical (unpaired) electrons. The third-order valence-corrected chi connectivity index (χ3v) is 2.99. The molecule has 0 fully saturated rings. The zero-order valence-electron chi connectivity index (χ0n) is 10.4. The monoisotopic (exact) mass is 258 g/mol. The van der Waals surface area contributed by atoms with Crippen LogP contribution in [0.2, 0.25) is 5.22 Å². The summed E-state index contributed by atoms with van der Waals surface area (Å²) in [6.07, 6.45) is 0.772. The van der Waals surface area contributed by atoms with E-state index in [1.807, 2.05) is 0 Å². The smallest absolute Gasteiger partial charge is 0.289 e. The summed E-state index contributed by atoms with van der Waals surface area (Å²) >= 11 is 5.62. The fourth-order valence-corrected chi connectivity index (χ4v) is 1.54. The van der Waals surface area contributed by atoms with Gasteiger partial charge < -0.3 is 15.1 Å². The molecule has 1 atom stereocenters. The van der Waals surface area contributed by atoms with Gasteiger partial charge in [0, 0.05) is 19.6 Å². The number of hydrogen-bond donors (Lipinski definition) is 1. The second-order valence-corrected chi connectivity index (χ2v) is 4.90. The molecular weight excluding hydrogens is 240 g/mol. The summed E-state index contributed by atoms with van der Waals surface area (Å²) in [6.45, 7) is 4.74. The number of carbonyl (C=O) groups is 1. The topological polar surface area (TPSA) is 59.5 Å². The highest BCUT2D eigenvalue weighted by atomic mass is 35.5. The van der Waals surface area contributed by atoms with E-state index in [0.29, 0.717) is 12.5 Å². The quantitative estimate of drug-likeness (QED) is 0.882. The minimum Gasteiger partial charge on any atom is -0.440 e. The van der Waals surface area contributed by atoms with Crippen LogP contribution in [0.1, 0.15) is 30.8 Å². The maximum atomic E-state index is 11.9. The second kappa shape index (κ2) is 6.07. The van der Waals surface area contributed by atoms with Gasteiger partial charge in [0.15, 0.2) is 11.0 Å². The standard InChI is InChI=1S/C12H19ClN2O2/c1-8(2)9(14)6-7-15(3)12(16)10-4-5-11(13)17-10/h4-5,8-9H,6-7,14H2,1-3H3. The Morgan fingerprint density at radius 3 is 2.65 bits per heavy atom. The largest absolute Gasteiger partial charge is 0.440 e. The average Bonchev–Trinajstić information content (AvgIpc) is 2.70. The van der Waals surface area contributed by atoms with Crippen LogP contribution in [-0.2, 0) is 0 Å². The zero-order valence-corrected chi connectivity index (χ0v) is 11.2. The van der Waals surface area contributed by atoms with Crippen molar-refractivity contribution in [2.75, 3.05) is 13.6 Å². The Labute approximate surface area is 107 Å². The molecule has 0 spiro atoms. The van der Waals surface area contributed by atoms with Crippen molar-refractivity contribution in [3.63, 3.8) is 0 Å². The lowest BCUT2D eigenvalue weighted by atomic mass is 10.0. The highest BCUT2D eigenvalue weighted by molar-refractivity contribution is 6.29. The van der Waals surface area contributed by atoms with Crippen LogP contribution in [0.25, 0.3) is 0 Å². The second-order valence-electron chi connectivity index (χ2n) is 4.53. The predicted octanol–water partition coefficient (Wildman–Crippen LogP) is 2.38. The molecule has 1 amide bonds. The average molecular weight is 259 g/mol. The molecule has 0 aliphatic rings. The van der Waals surface area contributed by atoms with Gasteiger partial charge in [-0.15, -0.1) is 0 Å². The van der Waals surface area contributed by atoms with E-state index in [2.05, 4.69) is 13.8 Å². The van der Waals surface area contributed by atoms with E-state index in [1.165, 1.54) is 0 Å². The predicted molar refractivity (Wildman–Crippen MR) is 68.1 cm³/mol. The number of halogens is 1. The molecular formula is C12H19ClN2O2. The van der Waals surface area contributed by atoms with Crippen LogP contribution in [-0.4, -0.2) is 30.4 Å². The summed E-state index contributed by atoms with van der Waals surface area (Å²) in [7, 11) is 1.73. The molecule has 0 aromatic carbocycles. The molecule has 0 saturated carbocycles. The Morgan fingerprint density at radius 1 is 1.53 bits per heavy atom. The number of rotatable bonds is 5. The number of nitrogens with zero attached hydrogens (tertiary/aromatic N) is 1. The molecule has 1 unspecified atom stereocenters. The molecule has 1 rings (SSSR count). The molecule has 1 aromatic rings. The van der Waals surface area contributed by atoms with Crippen LogP contribution in [0.4, 0.5) is 0 Å².